The van der Waals surface area contributed by atoms with Gasteiger partial charge in [-0.25, -0.2) is 0 Å². The maximum atomic E-state index is 11.6. The zero-order chi connectivity index (χ0) is 16.0. The normalized spacial score (nSPS) is 12.3. The van der Waals surface area contributed by atoms with Crippen LogP contribution in [0.1, 0.15) is 26.3 Å². The van der Waals surface area contributed by atoms with Crippen LogP contribution in [-0.2, 0) is 11.3 Å². The van der Waals surface area contributed by atoms with E-state index in [2.05, 4.69) is 24.5 Å². The molecule has 0 aliphatic rings. The van der Waals surface area contributed by atoms with E-state index in [1.807, 2.05) is 0 Å². The number of carbonyl (C=O) groups is 1. The Bertz CT molecular complexity index is 493. The van der Waals surface area contributed by atoms with Gasteiger partial charge in [-0.2, -0.15) is 0 Å². The first-order valence-corrected chi connectivity index (χ1v) is 7.67. The standard InChI is InChI=1S/C15H22Cl2N2O2/c1-9(2)7-19-8-11-5-12(16)6-13(17)14(11)21-10(3)15(20)18-4/h5-6,9-10,19H,7-8H2,1-4H3,(H,18,20). The predicted octanol–water partition coefficient (Wildman–Crippen LogP) is 3.25. The molecule has 1 amide bonds. The van der Waals surface area contributed by atoms with Crippen LogP contribution < -0.4 is 15.4 Å². The number of likely N-dealkylation sites (N-methyl/N-ethyl adjacent to an activating group) is 1. The van der Waals surface area contributed by atoms with E-state index in [1.54, 1.807) is 26.1 Å². The number of amides is 1. The number of ether oxygens (including phenoxy) is 1. The van der Waals surface area contributed by atoms with Crippen molar-refractivity contribution in [3.8, 4) is 5.75 Å². The molecule has 118 valence electrons. The highest BCUT2D eigenvalue weighted by atomic mass is 35.5. The predicted molar refractivity (Wildman–Crippen MR) is 87.2 cm³/mol. The zero-order valence-corrected chi connectivity index (χ0v) is 14.3. The summed E-state index contributed by atoms with van der Waals surface area (Å²) >= 11 is 12.2. The fourth-order valence-electron chi connectivity index (χ4n) is 1.81. The Morgan fingerprint density at radius 2 is 1.95 bits per heavy atom. The van der Waals surface area contributed by atoms with Gasteiger partial charge in [-0.1, -0.05) is 37.0 Å². The van der Waals surface area contributed by atoms with Gasteiger partial charge >= 0.3 is 0 Å². The third-order valence-corrected chi connectivity index (χ3v) is 3.36. The molecule has 0 fully saturated rings. The summed E-state index contributed by atoms with van der Waals surface area (Å²) < 4.78 is 5.70. The molecule has 1 aromatic carbocycles. The lowest BCUT2D eigenvalue weighted by atomic mass is 10.1. The molecule has 0 aliphatic heterocycles. The Labute approximate surface area is 136 Å². The maximum Gasteiger partial charge on any atom is 0.260 e. The Kier molecular flexibility index (Phi) is 7.29. The number of hydrogen-bond acceptors (Lipinski definition) is 3. The van der Waals surface area contributed by atoms with Crippen molar-refractivity contribution in [3.63, 3.8) is 0 Å². The van der Waals surface area contributed by atoms with Crippen LogP contribution in [0.5, 0.6) is 5.75 Å². The molecule has 21 heavy (non-hydrogen) atoms. The van der Waals surface area contributed by atoms with Gasteiger partial charge < -0.3 is 15.4 Å². The Hall–Kier alpha value is -0.970. The fraction of sp³-hybridized carbons (Fsp3) is 0.533. The summed E-state index contributed by atoms with van der Waals surface area (Å²) in [5, 5.41) is 6.80. The maximum absolute atomic E-state index is 11.6. The van der Waals surface area contributed by atoms with Crippen molar-refractivity contribution in [1.29, 1.82) is 0 Å². The summed E-state index contributed by atoms with van der Waals surface area (Å²) in [4.78, 5) is 11.6. The van der Waals surface area contributed by atoms with Gasteiger partial charge in [0.05, 0.1) is 5.02 Å². The Balaban J connectivity index is 2.92. The molecule has 0 saturated heterocycles. The lowest BCUT2D eigenvalue weighted by Crippen LogP contribution is -2.34. The topological polar surface area (TPSA) is 50.4 Å². The molecule has 0 radical (unpaired) electrons. The second kappa shape index (κ2) is 8.47. The molecular formula is C15H22Cl2N2O2. The Morgan fingerprint density at radius 3 is 2.52 bits per heavy atom. The van der Waals surface area contributed by atoms with Crippen molar-refractivity contribution in [1.82, 2.24) is 10.6 Å². The zero-order valence-electron chi connectivity index (χ0n) is 12.8. The van der Waals surface area contributed by atoms with E-state index < -0.39 is 6.10 Å². The van der Waals surface area contributed by atoms with Crippen molar-refractivity contribution < 1.29 is 9.53 Å². The SMILES string of the molecule is CNC(=O)C(C)Oc1c(Cl)cc(Cl)cc1CNCC(C)C. The minimum absolute atomic E-state index is 0.206. The molecule has 0 bridgehead atoms. The lowest BCUT2D eigenvalue weighted by Gasteiger charge is -2.18. The molecule has 0 saturated carbocycles. The summed E-state index contributed by atoms with van der Waals surface area (Å²) in [6.45, 7) is 7.38. The molecule has 0 aliphatic carbocycles. The van der Waals surface area contributed by atoms with Crippen LogP contribution in [0.4, 0.5) is 0 Å². The molecule has 2 N–H and O–H groups in total. The van der Waals surface area contributed by atoms with E-state index in [0.717, 1.165) is 12.1 Å². The average molecular weight is 333 g/mol. The number of nitrogens with one attached hydrogen (secondary N) is 2. The van der Waals surface area contributed by atoms with Crippen molar-refractivity contribution in [2.75, 3.05) is 13.6 Å². The summed E-state index contributed by atoms with van der Waals surface area (Å²) in [5.74, 6) is 0.823. The van der Waals surface area contributed by atoms with Gasteiger partial charge in [-0.05, 0) is 31.5 Å². The fourth-order valence-corrected chi connectivity index (χ4v) is 2.39. The van der Waals surface area contributed by atoms with Gasteiger partial charge in [-0.15, -0.1) is 0 Å². The van der Waals surface area contributed by atoms with Crippen molar-refractivity contribution in [2.45, 2.75) is 33.4 Å². The van der Waals surface area contributed by atoms with E-state index in [-0.39, 0.29) is 5.91 Å². The molecule has 0 aromatic heterocycles. The smallest absolute Gasteiger partial charge is 0.260 e. The highest BCUT2D eigenvalue weighted by molar-refractivity contribution is 6.35. The van der Waals surface area contributed by atoms with E-state index in [0.29, 0.717) is 28.3 Å². The van der Waals surface area contributed by atoms with Gasteiger partial charge in [0.1, 0.15) is 5.75 Å². The summed E-state index contributed by atoms with van der Waals surface area (Å²) in [7, 11) is 1.57. The molecule has 0 spiro atoms. The first-order chi connectivity index (χ1) is 9.85. The molecule has 1 unspecified atom stereocenters. The van der Waals surface area contributed by atoms with Gasteiger partial charge in [0.2, 0.25) is 0 Å². The second-order valence-corrected chi connectivity index (χ2v) is 6.12. The van der Waals surface area contributed by atoms with E-state index in [4.69, 9.17) is 27.9 Å². The Morgan fingerprint density at radius 1 is 1.29 bits per heavy atom. The molecular weight excluding hydrogens is 311 g/mol. The van der Waals surface area contributed by atoms with Crippen LogP contribution in [0.2, 0.25) is 10.0 Å². The lowest BCUT2D eigenvalue weighted by molar-refractivity contribution is -0.126. The first-order valence-electron chi connectivity index (χ1n) is 6.92. The number of carbonyl (C=O) groups excluding carboxylic acids is 1. The third kappa shape index (κ3) is 5.73. The first kappa shape index (κ1) is 18.1. The van der Waals surface area contributed by atoms with Gasteiger partial charge in [0.25, 0.3) is 5.91 Å². The minimum Gasteiger partial charge on any atom is -0.479 e. The quantitative estimate of drug-likeness (QED) is 0.805. The minimum atomic E-state index is -0.627. The van der Waals surface area contributed by atoms with Crippen LogP contribution in [0, 0.1) is 5.92 Å². The van der Waals surface area contributed by atoms with E-state index >= 15 is 0 Å². The van der Waals surface area contributed by atoms with Crippen LogP contribution in [0.15, 0.2) is 12.1 Å². The van der Waals surface area contributed by atoms with Crippen LogP contribution in [-0.4, -0.2) is 25.6 Å². The number of hydrogen-bond donors (Lipinski definition) is 2. The van der Waals surface area contributed by atoms with Gasteiger partial charge in [-0.3, -0.25) is 4.79 Å². The van der Waals surface area contributed by atoms with Crippen molar-refractivity contribution >= 4 is 29.1 Å². The third-order valence-electron chi connectivity index (χ3n) is 2.86. The summed E-state index contributed by atoms with van der Waals surface area (Å²) in [6, 6.07) is 3.41. The molecule has 6 heteroatoms. The number of halogens is 2. The van der Waals surface area contributed by atoms with Crippen molar-refractivity contribution in [2.24, 2.45) is 5.92 Å². The second-order valence-electron chi connectivity index (χ2n) is 5.27. The molecule has 0 heterocycles. The number of rotatable bonds is 7. The molecule has 4 nitrogen and oxygen atoms in total. The van der Waals surface area contributed by atoms with Gasteiger partial charge in [0, 0.05) is 24.2 Å². The van der Waals surface area contributed by atoms with E-state index in [1.165, 1.54) is 0 Å². The summed E-state index contributed by atoms with van der Waals surface area (Å²) in [6.07, 6.45) is -0.627. The van der Waals surface area contributed by atoms with Gasteiger partial charge in [0.15, 0.2) is 6.10 Å². The van der Waals surface area contributed by atoms with Crippen LogP contribution >= 0.6 is 23.2 Å². The van der Waals surface area contributed by atoms with Crippen molar-refractivity contribution in [3.05, 3.63) is 27.7 Å². The summed E-state index contributed by atoms with van der Waals surface area (Å²) in [5.41, 5.74) is 0.837. The van der Waals surface area contributed by atoms with Crippen LogP contribution in [0.3, 0.4) is 0 Å². The molecule has 1 aromatic rings. The van der Waals surface area contributed by atoms with E-state index in [9.17, 15) is 4.79 Å². The highest BCUT2D eigenvalue weighted by Crippen LogP contribution is 2.33. The molecule has 1 atom stereocenters. The number of benzene rings is 1. The largest absolute Gasteiger partial charge is 0.479 e. The molecule has 1 rings (SSSR count). The van der Waals surface area contributed by atoms with Crippen LogP contribution in [0.25, 0.3) is 0 Å². The highest BCUT2D eigenvalue weighted by Gasteiger charge is 2.18. The average Bonchev–Trinajstić information content (AvgIpc) is 2.40. The monoisotopic (exact) mass is 332 g/mol.